The van der Waals surface area contributed by atoms with E-state index in [9.17, 15) is 4.21 Å². The van der Waals surface area contributed by atoms with Gasteiger partial charge < -0.3 is 10.1 Å². The second-order valence-electron chi connectivity index (χ2n) is 4.58. The number of hydrogen-bond donors (Lipinski definition) is 1. The van der Waals surface area contributed by atoms with Crippen molar-refractivity contribution in [1.29, 1.82) is 0 Å². The van der Waals surface area contributed by atoms with Crippen molar-refractivity contribution in [3.63, 3.8) is 0 Å². The van der Waals surface area contributed by atoms with Crippen molar-refractivity contribution in [3.8, 4) is 5.75 Å². The summed E-state index contributed by atoms with van der Waals surface area (Å²) in [5.74, 6) is 1.60. The number of rotatable bonds is 4. The minimum atomic E-state index is -0.763. The molecule has 0 spiro atoms. The highest BCUT2D eigenvalue weighted by Gasteiger charge is 2.32. The SMILES string of the molecule is CCS(=O)C1CCc2ccc(OC)cc2C1NC. The van der Waals surface area contributed by atoms with Gasteiger partial charge in [-0.15, -0.1) is 0 Å². The van der Waals surface area contributed by atoms with Crippen LogP contribution in [-0.2, 0) is 17.2 Å². The van der Waals surface area contributed by atoms with Crippen LogP contribution in [0.3, 0.4) is 0 Å². The molecular formula is C14H21NO2S. The van der Waals surface area contributed by atoms with E-state index < -0.39 is 10.8 Å². The summed E-state index contributed by atoms with van der Waals surface area (Å²) in [6.45, 7) is 1.99. The van der Waals surface area contributed by atoms with Gasteiger partial charge in [0.15, 0.2) is 0 Å². The van der Waals surface area contributed by atoms with E-state index in [4.69, 9.17) is 4.74 Å². The second-order valence-corrected chi connectivity index (χ2v) is 6.52. The predicted octanol–water partition coefficient (Wildman–Crippen LogP) is 2.04. The lowest BCUT2D eigenvalue weighted by molar-refractivity contribution is 0.411. The van der Waals surface area contributed by atoms with Gasteiger partial charge in [0.2, 0.25) is 0 Å². The van der Waals surface area contributed by atoms with Gasteiger partial charge in [0, 0.05) is 22.6 Å². The van der Waals surface area contributed by atoms with Crippen LogP contribution in [0.2, 0.25) is 0 Å². The van der Waals surface area contributed by atoms with Crippen LogP contribution in [0.25, 0.3) is 0 Å². The van der Waals surface area contributed by atoms with Crippen molar-refractivity contribution < 1.29 is 8.95 Å². The average Bonchev–Trinajstić information content (AvgIpc) is 2.44. The molecule has 3 unspecified atom stereocenters. The molecule has 0 radical (unpaired) electrons. The first-order valence-electron chi connectivity index (χ1n) is 6.42. The van der Waals surface area contributed by atoms with E-state index in [1.165, 1.54) is 11.1 Å². The molecule has 1 aliphatic carbocycles. The fraction of sp³-hybridized carbons (Fsp3) is 0.571. The lowest BCUT2D eigenvalue weighted by atomic mass is 9.87. The van der Waals surface area contributed by atoms with Gasteiger partial charge in [-0.05, 0) is 43.1 Å². The number of nitrogens with one attached hydrogen (secondary N) is 1. The zero-order valence-corrected chi connectivity index (χ0v) is 12.0. The highest BCUT2D eigenvalue weighted by atomic mass is 32.2. The summed E-state index contributed by atoms with van der Waals surface area (Å²) in [4.78, 5) is 0. The quantitative estimate of drug-likeness (QED) is 0.907. The Bertz CT molecular complexity index is 447. The number of ether oxygens (including phenoxy) is 1. The lowest BCUT2D eigenvalue weighted by Crippen LogP contribution is -2.37. The Morgan fingerprint density at radius 1 is 1.50 bits per heavy atom. The van der Waals surface area contributed by atoms with Gasteiger partial charge in [-0.1, -0.05) is 13.0 Å². The Balaban J connectivity index is 2.38. The van der Waals surface area contributed by atoms with E-state index in [2.05, 4.69) is 17.4 Å². The summed E-state index contributed by atoms with van der Waals surface area (Å²) in [6.07, 6.45) is 2.00. The molecule has 0 fully saturated rings. The number of aryl methyl sites for hydroxylation is 1. The van der Waals surface area contributed by atoms with E-state index in [0.717, 1.165) is 24.3 Å². The summed E-state index contributed by atoms with van der Waals surface area (Å²) in [6, 6.07) is 6.38. The van der Waals surface area contributed by atoms with E-state index in [0.29, 0.717) is 0 Å². The van der Waals surface area contributed by atoms with Crippen molar-refractivity contribution in [1.82, 2.24) is 5.32 Å². The van der Waals surface area contributed by atoms with Gasteiger partial charge in [-0.2, -0.15) is 0 Å². The Labute approximate surface area is 111 Å². The summed E-state index contributed by atoms with van der Waals surface area (Å²) in [7, 11) is 2.86. The normalized spacial score (nSPS) is 24.4. The first-order valence-corrected chi connectivity index (χ1v) is 7.80. The third-order valence-corrected chi connectivity index (χ3v) is 5.44. The fourth-order valence-electron chi connectivity index (χ4n) is 2.72. The van der Waals surface area contributed by atoms with Crippen molar-refractivity contribution in [2.24, 2.45) is 0 Å². The molecule has 18 heavy (non-hydrogen) atoms. The van der Waals surface area contributed by atoms with Crippen LogP contribution in [0.5, 0.6) is 5.75 Å². The summed E-state index contributed by atoms with van der Waals surface area (Å²) < 4.78 is 17.4. The van der Waals surface area contributed by atoms with Gasteiger partial charge >= 0.3 is 0 Å². The minimum Gasteiger partial charge on any atom is -0.497 e. The number of hydrogen-bond acceptors (Lipinski definition) is 3. The third kappa shape index (κ3) is 2.45. The van der Waals surface area contributed by atoms with Crippen molar-refractivity contribution in [3.05, 3.63) is 29.3 Å². The molecule has 0 amide bonds. The molecule has 0 bridgehead atoms. The smallest absolute Gasteiger partial charge is 0.119 e. The number of fused-ring (bicyclic) bond motifs is 1. The molecule has 3 nitrogen and oxygen atoms in total. The molecule has 0 saturated heterocycles. The molecular weight excluding hydrogens is 246 g/mol. The van der Waals surface area contributed by atoms with Crippen LogP contribution in [0, 0.1) is 0 Å². The van der Waals surface area contributed by atoms with E-state index in [1.807, 2.05) is 20.0 Å². The first-order chi connectivity index (χ1) is 8.71. The standard InChI is InChI=1S/C14H21NO2S/c1-4-18(16)13-8-6-10-5-7-11(17-3)9-12(10)14(13)15-2/h5,7,9,13-15H,4,6,8H2,1-3H3. The van der Waals surface area contributed by atoms with Crippen LogP contribution >= 0.6 is 0 Å². The van der Waals surface area contributed by atoms with Crippen LogP contribution in [0.4, 0.5) is 0 Å². The van der Waals surface area contributed by atoms with Crippen LogP contribution in [-0.4, -0.2) is 29.4 Å². The van der Waals surface area contributed by atoms with Gasteiger partial charge in [0.25, 0.3) is 0 Å². The largest absolute Gasteiger partial charge is 0.497 e. The fourth-order valence-corrected chi connectivity index (χ4v) is 4.12. The number of methoxy groups -OCH3 is 1. The Morgan fingerprint density at radius 3 is 2.89 bits per heavy atom. The van der Waals surface area contributed by atoms with Crippen LogP contribution in [0.1, 0.15) is 30.5 Å². The van der Waals surface area contributed by atoms with E-state index in [-0.39, 0.29) is 11.3 Å². The molecule has 1 aromatic rings. The predicted molar refractivity (Wildman–Crippen MR) is 75.6 cm³/mol. The highest BCUT2D eigenvalue weighted by Crippen LogP contribution is 2.34. The van der Waals surface area contributed by atoms with Gasteiger partial charge in [0.1, 0.15) is 5.75 Å². The maximum atomic E-state index is 12.1. The molecule has 0 saturated carbocycles. The molecule has 1 N–H and O–H groups in total. The molecule has 4 heteroatoms. The molecule has 2 rings (SSSR count). The lowest BCUT2D eigenvalue weighted by Gasteiger charge is -2.33. The van der Waals surface area contributed by atoms with Crippen LogP contribution in [0.15, 0.2) is 18.2 Å². The topological polar surface area (TPSA) is 38.3 Å². The molecule has 0 aromatic heterocycles. The summed E-state index contributed by atoms with van der Waals surface area (Å²) >= 11 is 0. The molecule has 3 atom stereocenters. The maximum absolute atomic E-state index is 12.1. The minimum absolute atomic E-state index is 0.171. The molecule has 0 aliphatic heterocycles. The first kappa shape index (κ1) is 13.6. The molecule has 1 aromatic carbocycles. The third-order valence-electron chi connectivity index (χ3n) is 3.69. The van der Waals surface area contributed by atoms with Crippen molar-refractivity contribution in [2.45, 2.75) is 31.1 Å². The summed E-state index contributed by atoms with van der Waals surface area (Å²) in [5, 5.41) is 3.54. The Hall–Kier alpha value is -0.870. The second kappa shape index (κ2) is 5.85. The van der Waals surface area contributed by atoms with E-state index >= 15 is 0 Å². The monoisotopic (exact) mass is 267 g/mol. The number of benzene rings is 1. The van der Waals surface area contributed by atoms with Gasteiger partial charge in [-0.25, -0.2) is 0 Å². The Morgan fingerprint density at radius 2 is 2.28 bits per heavy atom. The Kier molecular flexibility index (Phi) is 4.40. The van der Waals surface area contributed by atoms with Crippen LogP contribution < -0.4 is 10.1 Å². The van der Waals surface area contributed by atoms with E-state index in [1.54, 1.807) is 7.11 Å². The maximum Gasteiger partial charge on any atom is 0.119 e. The van der Waals surface area contributed by atoms with Crippen molar-refractivity contribution >= 4 is 10.8 Å². The highest BCUT2D eigenvalue weighted by molar-refractivity contribution is 7.85. The molecule has 100 valence electrons. The van der Waals surface area contributed by atoms with Crippen molar-refractivity contribution in [2.75, 3.05) is 19.9 Å². The van der Waals surface area contributed by atoms with Gasteiger partial charge in [0.05, 0.1) is 12.4 Å². The average molecular weight is 267 g/mol. The zero-order chi connectivity index (χ0) is 13.1. The molecule has 1 aliphatic rings. The zero-order valence-electron chi connectivity index (χ0n) is 11.2. The van der Waals surface area contributed by atoms with Gasteiger partial charge in [-0.3, -0.25) is 4.21 Å². The molecule has 0 heterocycles. The summed E-state index contributed by atoms with van der Waals surface area (Å²) in [5.41, 5.74) is 2.59.